The molecule has 0 saturated carbocycles. The first kappa shape index (κ1) is 27.6. The highest BCUT2D eigenvalue weighted by Gasteiger charge is 2.30. The maximum absolute atomic E-state index is 12.8. The van der Waals surface area contributed by atoms with Crippen molar-refractivity contribution in [1.29, 1.82) is 0 Å². The number of carbonyl (C=O) groups is 1. The van der Waals surface area contributed by atoms with Crippen molar-refractivity contribution >= 4 is 56.4 Å². The Kier molecular flexibility index (Phi) is 8.07. The van der Waals surface area contributed by atoms with Gasteiger partial charge in [0.25, 0.3) is 0 Å². The van der Waals surface area contributed by atoms with Crippen molar-refractivity contribution in [3.63, 3.8) is 0 Å². The van der Waals surface area contributed by atoms with Crippen LogP contribution >= 0.6 is 11.6 Å². The van der Waals surface area contributed by atoms with Gasteiger partial charge in [-0.15, -0.1) is 0 Å². The molecule has 3 aromatic rings. The Labute approximate surface area is 227 Å². The van der Waals surface area contributed by atoms with Crippen LogP contribution in [0, 0.1) is 0 Å². The van der Waals surface area contributed by atoms with Gasteiger partial charge in [0.05, 0.1) is 36.4 Å². The van der Waals surface area contributed by atoms with Gasteiger partial charge >= 0.3 is 0 Å². The number of benzene rings is 2. The summed E-state index contributed by atoms with van der Waals surface area (Å²) in [7, 11) is 0.761. The third-order valence-corrected chi connectivity index (χ3v) is 8.37. The molecule has 2 heterocycles. The van der Waals surface area contributed by atoms with Crippen LogP contribution in [0.25, 0.3) is 0 Å². The second-order valence-electron chi connectivity index (χ2n) is 8.80. The zero-order valence-corrected chi connectivity index (χ0v) is 23.1. The van der Waals surface area contributed by atoms with Gasteiger partial charge in [-0.25, -0.2) is 17.7 Å². The van der Waals surface area contributed by atoms with Crippen molar-refractivity contribution in [2.75, 3.05) is 43.3 Å². The van der Waals surface area contributed by atoms with Crippen LogP contribution in [0.15, 0.2) is 47.5 Å². The first-order valence-corrected chi connectivity index (χ1v) is 13.7. The van der Waals surface area contributed by atoms with Crippen molar-refractivity contribution in [3.05, 3.63) is 53.2 Å². The Hall–Kier alpha value is -3.45. The largest absolute Gasteiger partial charge is 0.494 e. The average molecular weight is 560 g/mol. The second-order valence-corrected chi connectivity index (χ2v) is 11.3. The lowest BCUT2D eigenvalue weighted by atomic mass is 10.0. The second kappa shape index (κ2) is 11.1. The van der Waals surface area contributed by atoms with Crippen LogP contribution in [0.5, 0.6) is 5.75 Å². The van der Waals surface area contributed by atoms with Gasteiger partial charge in [0.15, 0.2) is 5.82 Å². The van der Waals surface area contributed by atoms with Crippen LogP contribution in [0.4, 0.5) is 28.8 Å². The topological polar surface area (TPSA) is 143 Å². The molecule has 0 spiro atoms. The number of amides is 1. The number of aromatic nitrogens is 2. The molecule has 38 heavy (non-hydrogen) atoms. The molecule has 1 atom stereocenters. The van der Waals surface area contributed by atoms with E-state index in [2.05, 4.69) is 20.6 Å². The minimum atomic E-state index is -3.72. The minimum Gasteiger partial charge on any atom is -0.494 e. The molecule has 0 bridgehead atoms. The van der Waals surface area contributed by atoms with Gasteiger partial charge in [-0.3, -0.25) is 4.79 Å². The summed E-state index contributed by atoms with van der Waals surface area (Å²) < 4.78 is 32.5. The fourth-order valence-corrected chi connectivity index (χ4v) is 5.45. The molecule has 202 valence electrons. The van der Waals surface area contributed by atoms with E-state index in [0.29, 0.717) is 36.5 Å². The number of hydrogen-bond donors (Lipinski definition) is 3. The molecule has 1 unspecified atom stereocenters. The highest BCUT2D eigenvalue weighted by atomic mass is 35.5. The summed E-state index contributed by atoms with van der Waals surface area (Å²) in [5.41, 5.74) is 8.62. The number of para-hydroxylation sites is 1. The number of halogens is 1. The summed E-state index contributed by atoms with van der Waals surface area (Å²) in [5, 5.41) is 6.38. The number of nitrogens with one attached hydrogen (secondary N) is 2. The van der Waals surface area contributed by atoms with Crippen LogP contribution in [0.1, 0.15) is 18.9 Å². The fraction of sp³-hybridized carbons (Fsp3) is 0.320. The number of likely N-dealkylation sites (N-methyl/N-ethyl adjacent to an activating group) is 1. The monoisotopic (exact) mass is 559 g/mol. The molecule has 0 fully saturated rings. The number of anilines is 5. The number of hydrogen-bond acceptors (Lipinski definition) is 9. The fourth-order valence-electron chi connectivity index (χ4n) is 4.27. The van der Waals surface area contributed by atoms with Gasteiger partial charge in [0.1, 0.15) is 15.7 Å². The maximum atomic E-state index is 12.8. The first-order chi connectivity index (χ1) is 18.1. The van der Waals surface area contributed by atoms with Gasteiger partial charge in [0.2, 0.25) is 21.9 Å². The minimum absolute atomic E-state index is 0.0786. The van der Waals surface area contributed by atoms with E-state index < -0.39 is 16.1 Å². The molecule has 4 N–H and O–H groups in total. The molecular weight excluding hydrogens is 530 g/mol. The smallest absolute Gasteiger partial charge is 0.244 e. The van der Waals surface area contributed by atoms with Crippen molar-refractivity contribution in [2.24, 2.45) is 5.73 Å². The number of carbonyl (C=O) groups excluding carboxylic acids is 1. The molecule has 13 heteroatoms. The van der Waals surface area contributed by atoms with E-state index in [1.165, 1.54) is 26.4 Å². The number of rotatable bonds is 8. The lowest BCUT2D eigenvalue weighted by molar-refractivity contribution is -0.119. The van der Waals surface area contributed by atoms with Gasteiger partial charge in [-0.2, -0.15) is 4.98 Å². The van der Waals surface area contributed by atoms with Crippen LogP contribution in [-0.2, 0) is 21.2 Å². The zero-order chi connectivity index (χ0) is 27.6. The average Bonchev–Trinajstić information content (AvgIpc) is 3.01. The predicted molar refractivity (Wildman–Crippen MR) is 148 cm³/mol. The van der Waals surface area contributed by atoms with E-state index in [0.717, 1.165) is 15.6 Å². The highest BCUT2D eigenvalue weighted by molar-refractivity contribution is 7.89. The van der Waals surface area contributed by atoms with Crippen molar-refractivity contribution in [1.82, 2.24) is 14.3 Å². The molecule has 2 aromatic carbocycles. The highest BCUT2D eigenvalue weighted by Crippen LogP contribution is 2.40. The SMILES string of the molecule is CCN1C(=O)C(N)CCc2c1ccc(Nc1ncc(Cl)c(Nc3ccccc3S(=O)(=O)N(C)C)n1)c2OC. The zero-order valence-electron chi connectivity index (χ0n) is 21.5. The van der Waals surface area contributed by atoms with Crippen LogP contribution in [-0.4, -0.2) is 62.4 Å². The van der Waals surface area contributed by atoms with Gasteiger partial charge in [-0.1, -0.05) is 23.7 Å². The van der Waals surface area contributed by atoms with Gasteiger partial charge < -0.3 is 26.0 Å². The molecule has 0 saturated heterocycles. The van der Waals surface area contributed by atoms with E-state index >= 15 is 0 Å². The molecule has 4 rings (SSSR count). The predicted octanol–water partition coefficient (Wildman–Crippen LogP) is 3.50. The van der Waals surface area contributed by atoms with Crippen LogP contribution in [0.3, 0.4) is 0 Å². The van der Waals surface area contributed by atoms with E-state index in [4.69, 9.17) is 22.1 Å². The third kappa shape index (κ3) is 5.25. The summed E-state index contributed by atoms with van der Waals surface area (Å²) in [4.78, 5) is 23.2. The number of nitrogens with zero attached hydrogens (tertiary/aromatic N) is 4. The number of methoxy groups -OCH3 is 1. The van der Waals surface area contributed by atoms with E-state index in [1.807, 2.05) is 13.0 Å². The van der Waals surface area contributed by atoms with Crippen molar-refractivity contribution in [3.8, 4) is 5.75 Å². The Morgan fingerprint density at radius 1 is 1.18 bits per heavy atom. The molecule has 1 aliphatic rings. The molecule has 0 aliphatic carbocycles. The Morgan fingerprint density at radius 2 is 1.92 bits per heavy atom. The van der Waals surface area contributed by atoms with E-state index in [-0.39, 0.29) is 27.6 Å². The molecule has 0 radical (unpaired) electrons. The summed E-state index contributed by atoms with van der Waals surface area (Å²) in [6.07, 6.45) is 2.46. The number of nitrogens with two attached hydrogens (primary N) is 1. The van der Waals surface area contributed by atoms with Gasteiger partial charge in [0, 0.05) is 26.2 Å². The molecule has 1 amide bonds. The first-order valence-electron chi connectivity index (χ1n) is 11.9. The normalized spacial score (nSPS) is 15.7. The summed E-state index contributed by atoms with van der Waals surface area (Å²) in [6.45, 7) is 2.38. The van der Waals surface area contributed by atoms with Crippen LogP contribution < -0.4 is 26.0 Å². The van der Waals surface area contributed by atoms with E-state index in [1.54, 1.807) is 36.3 Å². The lowest BCUT2D eigenvalue weighted by Crippen LogP contribution is -2.42. The number of ether oxygens (including phenoxy) is 1. The van der Waals surface area contributed by atoms with Crippen molar-refractivity contribution in [2.45, 2.75) is 30.7 Å². The summed E-state index contributed by atoms with van der Waals surface area (Å²) in [6, 6.07) is 9.52. The Bertz CT molecular complexity index is 1470. The van der Waals surface area contributed by atoms with Crippen molar-refractivity contribution < 1.29 is 17.9 Å². The van der Waals surface area contributed by atoms with E-state index in [9.17, 15) is 13.2 Å². The van der Waals surface area contributed by atoms with Crippen LogP contribution in [0.2, 0.25) is 5.02 Å². The third-order valence-electron chi connectivity index (χ3n) is 6.22. The lowest BCUT2D eigenvalue weighted by Gasteiger charge is -2.24. The number of sulfonamides is 1. The standard InChI is InChI=1S/C25H30ClN7O4S/c1-5-33-20-13-12-19(22(37-4)15(20)10-11-17(27)24(33)34)30-25-28-14-16(26)23(31-25)29-18-8-6-7-9-21(18)38(35,36)32(2)3/h6-9,12-14,17H,5,10-11,27H2,1-4H3,(H2,28,29,30,31). The molecule has 1 aromatic heterocycles. The maximum Gasteiger partial charge on any atom is 0.244 e. The summed E-state index contributed by atoms with van der Waals surface area (Å²) >= 11 is 6.36. The molecule has 11 nitrogen and oxygen atoms in total. The molecule has 1 aliphatic heterocycles. The Morgan fingerprint density at radius 3 is 2.61 bits per heavy atom. The Balaban J connectivity index is 1.69. The summed E-state index contributed by atoms with van der Waals surface area (Å²) in [5.74, 6) is 0.852. The van der Waals surface area contributed by atoms with Gasteiger partial charge in [-0.05, 0) is 44.0 Å². The quantitative estimate of drug-likeness (QED) is 0.378. The number of fused-ring (bicyclic) bond motifs is 1. The molecular formula is C25H30ClN7O4S.